The molecule has 1 aromatic heterocycles. The van der Waals surface area contributed by atoms with E-state index < -0.39 is 0 Å². The summed E-state index contributed by atoms with van der Waals surface area (Å²) in [4.78, 5) is 16.3. The van der Waals surface area contributed by atoms with Gasteiger partial charge in [-0.3, -0.25) is 4.79 Å². The molecule has 5 heteroatoms. The Labute approximate surface area is 126 Å². The third-order valence-electron chi connectivity index (χ3n) is 2.95. The van der Waals surface area contributed by atoms with Crippen LogP contribution >= 0.6 is 0 Å². The maximum Gasteiger partial charge on any atom is 0.270 e. The van der Waals surface area contributed by atoms with E-state index in [0.29, 0.717) is 25.5 Å². The average Bonchev–Trinajstić information content (AvgIpc) is 2.49. The van der Waals surface area contributed by atoms with Crippen molar-refractivity contribution in [3.63, 3.8) is 0 Å². The molecule has 1 amide bonds. The maximum absolute atomic E-state index is 12.2. The van der Waals surface area contributed by atoms with Crippen LogP contribution in [0.5, 0.6) is 0 Å². The van der Waals surface area contributed by atoms with Crippen LogP contribution in [-0.2, 0) is 4.74 Å². The highest BCUT2D eigenvalue weighted by Gasteiger charge is 2.17. The van der Waals surface area contributed by atoms with Crippen molar-refractivity contribution < 1.29 is 9.53 Å². The Hall–Kier alpha value is -1.90. The number of hydrogen-bond acceptors (Lipinski definition) is 4. The van der Waals surface area contributed by atoms with Crippen molar-refractivity contribution in [2.75, 3.05) is 19.8 Å². The van der Waals surface area contributed by atoms with Crippen LogP contribution < -0.4 is 11.1 Å². The molecule has 1 rings (SSSR count). The topological polar surface area (TPSA) is 77.2 Å². The monoisotopic (exact) mass is 289 g/mol. The minimum Gasteiger partial charge on any atom is -0.380 e. The molecule has 0 fully saturated rings. The fraction of sp³-hybridized carbons (Fsp3) is 0.500. The van der Waals surface area contributed by atoms with Crippen LogP contribution in [0.15, 0.2) is 18.3 Å². The Kier molecular flexibility index (Phi) is 7.44. The van der Waals surface area contributed by atoms with Gasteiger partial charge in [0.1, 0.15) is 5.69 Å². The zero-order chi connectivity index (χ0) is 15.7. The molecule has 0 saturated heterocycles. The molecule has 0 aliphatic rings. The predicted octanol–water partition coefficient (Wildman–Crippen LogP) is 1.18. The average molecular weight is 289 g/mol. The highest BCUT2D eigenvalue weighted by Crippen LogP contribution is 2.05. The molecule has 0 spiro atoms. The Bertz CT molecular complexity index is 500. The van der Waals surface area contributed by atoms with E-state index in [9.17, 15) is 4.79 Å². The van der Waals surface area contributed by atoms with Crippen LogP contribution in [0.1, 0.15) is 36.8 Å². The number of rotatable bonds is 6. The van der Waals surface area contributed by atoms with E-state index in [1.807, 2.05) is 20.8 Å². The highest BCUT2D eigenvalue weighted by atomic mass is 16.5. The molecule has 5 nitrogen and oxygen atoms in total. The normalized spacial score (nSPS) is 11.7. The quantitative estimate of drug-likeness (QED) is 0.771. The van der Waals surface area contributed by atoms with Gasteiger partial charge in [-0.05, 0) is 25.0 Å². The second kappa shape index (κ2) is 9.11. The second-order valence-corrected chi connectivity index (χ2v) is 4.92. The zero-order valence-electron chi connectivity index (χ0n) is 12.8. The largest absolute Gasteiger partial charge is 0.380 e. The smallest absolute Gasteiger partial charge is 0.270 e. The Morgan fingerprint density at radius 3 is 2.76 bits per heavy atom. The number of nitrogens with one attached hydrogen (secondary N) is 1. The molecule has 1 unspecified atom stereocenters. The van der Waals surface area contributed by atoms with Gasteiger partial charge in [-0.25, -0.2) is 4.98 Å². The summed E-state index contributed by atoms with van der Waals surface area (Å²) in [5, 5.41) is 2.95. The Morgan fingerprint density at radius 1 is 1.48 bits per heavy atom. The van der Waals surface area contributed by atoms with Crippen molar-refractivity contribution in [1.29, 1.82) is 0 Å². The molecule has 1 aromatic rings. The fourth-order valence-electron chi connectivity index (χ4n) is 1.64. The van der Waals surface area contributed by atoms with Crippen LogP contribution in [0.3, 0.4) is 0 Å². The van der Waals surface area contributed by atoms with Crippen molar-refractivity contribution in [1.82, 2.24) is 10.3 Å². The summed E-state index contributed by atoms with van der Waals surface area (Å²) in [7, 11) is 0. The molecule has 0 aromatic carbocycles. The van der Waals surface area contributed by atoms with E-state index >= 15 is 0 Å². The van der Waals surface area contributed by atoms with Crippen molar-refractivity contribution >= 4 is 5.91 Å². The van der Waals surface area contributed by atoms with E-state index in [4.69, 9.17) is 10.5 Å². The number of carbonyl (C=O) groups excluding carboxylic acids is 1. The first kappa shape index (κ1) is 17.2. The molecular formula is C16H23N3O2. The van der Waals surface area contributed by atoms with E-state index in [-0.39, 0.29) is 17.9 Å². The third kappa shape index (κ3) is 5.94. The predicted molar refractivity (Wildman–Crippen MR) is 82.8 cm³/mol. The van der Waals surface area contributed by atoms with Crippen molar-refractivity contribution in [2.45, 2.75) is 26.8 Å². The minimum absolute atomic E-state index is 0.0315. The molecule has 0 saturated carbocycles. The second-order valence-electron chi connectivity index (χ2n) is 4.92. The van der Waals surface area contributed by atoms with Gasteiger partial charge in [0.05, 0.1) is 19.2 Å². The van der Waals surface area contributed by atoms with Crippen LogP contribution in [-0.4, -0.2) is 36.7 Å². The molecule has 3 N–H and O–H groups in total. The molecule has 0 aliphatic carbocycles. The van der Waals surface area contributed by atoms with Gasteiger partial charge in [0, 0.05) is 18.4 Å². The molecular weight excluding hydrogens is 266 g/mol. The number of amides is 1. The van der Waals surface area contributed by atoms with Crippen LogP contribution in [0.25, 0.3) is 0 Å². The Morgan fingerprint density at radius 2 is 2.24 bits per heavy atom. The van der Waals surface area contributed by atoms with Gasteiger partial charge in [0.2, 0.25) is 0 Å². The highest BCUT2D eigenvalue weighted by molar-refractivity contribution is 5.92. The van der Waals surface area contributed by atoms with Gasteiger partial charge in [-0.1, -0.05) is 25.7 Å². The molecule has 0 bridgehead atoms. The molecule has 1 atom stereocenters. The first-order chi connectivity index (χ1) is 10.1. The van der Waals surface area contributed by atoms with Gasteiger partial charge >= 0.3 is 0 Å². The summed E-state index contributed by atoms with van der Waals surface area (Å²) in [6.07, 6.45) is 1.57. The zero-order valence-corrected chi connectivity index (χ0v) is 12.8. The first-order valence-corrected chi connectivity index (χ1v) is 7.12. The molecule has 21 heavy (non-hydrogen) atoms. The standard InChI is InChI=1S/C16H23N3O2/c1-4-21-11-15(12(2)3)19-16(20)14-8-7-13(10-18-14)6-5-9-17/h7-8,10,12,15H,4,9,11,17H2,1-3H3,(H,19,20). The van der Waals surface area contributed by atoms with Crippen LogP contribution in [0.4, 0.5) is 0 Å². The number of nitrogens with two attached hydrogens (primary N) is 1. The summed E-state index contributed by atoms with van der Waals surface area (Å²) in [6.45, 7) is 7.45. The Balaban J connectivity index is 2.69. The number of nitrogens with zero attached hydrogens (tertiary/aromatic N) is 1. The summed E-state index contributed by atoms with van der Waals surface area (Å²) in [5.41, 5.74) is 6.42. The van der Waals surface area contributed by atoms with Gasteiger partial charge < -0.3 is 15.8 Å². The summed E-state index contributed by atoms with van der Waals surface area (Å²) >= 11 is 0. The first-order valence-electron chi connectivity index (χ1n) is 7.12. The van der Waals surface area contributed by atoms with Crippen molar-refractivity contribution in [2.24, 2.45) is 11.7 Å². The van der Waals surface area contributed by atoms with Crippen LogP contribution in [0, 0.1) is 17.8 Å². The molecule has 114 valence electrons. The minimum atomic E-state index is -0.202. The van der Waals surface area contributed by atoms with Crippen LogP contribution in [0.2, 0.25) is 0 Å². The van der Waals surface area contributed by atoms with Gasteiger partial charge in [0.25, 0.3) is 5.91 Å². The van der Waals surface area contributed by atoms with Crippen molar-refractivity contribution in [3.05, 3.63) is 29.6 Å². The fourth-order valence-corrected chi connectivity index (χ4v) is 1.64. The van der Waals surface area contributed by atoms with Gasteiger partial charge in [-0.15, -0.1) is 0 Å². The molecule has 0 radical (unpaired) electrons. The van der Waals surface area contributed by atoms with E-state index in [1.54, 1.807) is 18.3 Å². The van der Waals surface area contributed by atoms with Crippen molar-refractivity contribution in [3.8, 4) is 11.8 Å². The number of carbonyl (C=O) groups is 1. The summed E-state index contributed by atoms with van der Waals surface area (Å²) in [5.74, 6) is 5.70. The lowest BCUT2D eigenvalue weighted by Crippen LogP contribution is -2.42. The number of hydrogen-bond donors (Lipinski definition) is 2. The molecule has 1 heterocycles. The maximum atomic E-state index is 12.2. The number of pyridine rings is 1. The van der Waals surface area contributed by atoms with Gasteiger partial charge in [-0.2, -0.15) is 0 Å². The van der Waals surface area contributed by atoms with E-state index in [2.05, 4.69) is 22.1 Å². The number of aromatic nitrogens is 1. The van der Waals surface area contributed by atoms with E-state index in [0.717, 1.165) is 5.56 Å². The summed E-state index contributed by atoms with van der Waals surface area (Å²) < 4.78 is 5.39. The lowest BCUT2D eigenvalue weighted by molar-refractivity contribution is 0.0802. The van der Waals surface area contributed by atoms with Gasteiger partial charge in [0.15, 0.2) is 0 Å². The number of ether oxygens (including phenoxy) is 1. The summed E-state index contributed by atoms with van der Waals surface area (Å²) in [6, 6.07) is 3.39. The SMILES string of the molecule is CCOCC(NC(=O)c1ccc(C#CCN)cn1)C(C)C. The molecule has 0 aliphatic heterocycles. The lowest BCUT2D eigenvalue weighted by Gasteiger charge is -2.21. The van der Waals surface area contributed by atoms with E-state index in [1.165, 1.54) is 0 Å². The third-order valence-corrected chi connectivity index (χ3v) is 2.95. The lowest BCUT2D eigenvalue weighted by atomic mass is 10.1.